The topological polar surface area (TPSA) is 38.0 Å². The molecule has 0 radical (unpaired) electrons. The monoisotopic (exact) mass is 344 g/mol. The van der Waals surface area contributed by atoms with E-state index in [9.17, 15) is 0 Å². The van der Waals surface area contributed by atoms with Gasteiger partial charge >= 0.3 is 0 Å². The minimum absolute atomic E-state index is 0.948. The van der Waals surface area contributed by atoms with E-state index in [1.54, 1.807) is 0 Å². The van der Waals surface area contributed by atoms with E-state index in [0.717, 1.165) is 25.0 Å². The van der Waals surface area contributed by atoms with Crippen molar-refractivity contribution in [2.75, 3.05) is 0 Å². The van der Waals surface area contributed by atoms with Crippen LogP contribution in [0.3, 0.4) is 0 Å². The fraction of sp³-hybridized carbons (Fsp3) is 0.167. The number of rotatable bonds is 9. The highest BCUT2D eigenvalue weighted by atomic mass is 15.2. The van der Waals surface area contributed by atoms with Crippen molar-refractivity contribution in [1.29, 1.82) is 0 Å². The maximum Gasteiger partial charge on any atom is 0.0517 e. The molecule has 2 nitrogen and oxygen atoms in total. The molecule has 0 saturated carbocycles. The van der Waals surface area contributed by atoms with Crippen molar-refractivity contribution < 1.29 is 0 Å². The van der Waals surface area contributed by atoms with E-state index >= 15 is 0 Å². The lowest BCUT2D eigenvalue weighted by atomic mass is 10.0. The first-order valence-electron chi connectivity index (χ1n) is 9.16. The van der Waals surface area contributed by atoms with Crippen LogP contribution in [-0.2, 0) is 0 Å². The molecule has 3 N–H and O–H groups in total. The molecule has 2 rings (SSSR count). The number of allylic oxidation sites excluding steroid dienone is 5. The molecular weight excluding hydrogens is 316 g/mol. The van der Waals surface area contributed by atoms with Gasteiger partial charge in [-0.1, -0.05) is 104 Å². The second-order valence-corrected chi connectivity index (χ2v) is 6.06. The smallest absolute Gasteiger partial charge is 0.0517 e. The molecule has 0 spiro atoms. The summed E-state index contributed by atoms with van der Waals surface area (Å²) in [5.74, 6) is 5.79. The molecule has 0 bridgehead atoms. The number of hydrazine groups is 1. The lowest BCUT2D eigenvalue weighted by Gasteiger charge is -2.10. The molecule has 0 aliphatic heterocycles. The van der Waals surface area contributed by atoms with Gasteiger partial charge in [-0.05, 0) is 35.6 Å². The number of nitrogens with two attached hydrogens (primary N) is 1. The van der Waals surface area contributed by atoms with Gasteiger partial charge in [0.2, 0.25) is 0 Å². The average Bonchev–Trinajstić information content (AvgIpc) is 2.70. The minimum Gasteiger partial charge on any atom is -0.324 e. The molecule has 134 valence electrons. The average molecular weight is 345 g/mol. The van der Waals surface area contributed by atoms with E-state index in [2.05, 4.69) is 60.9 Å². The Labute approximate surface area is 157 Å². The maximum absolute atomic E-state index is 5.79. The Kier molecular flexibility index (Phi) is 8.74. The predicted molar refractivity (Wildman–Crippen MR) is 114 cm³/mol. The third-order valence-corrected chi connectivity index (χ3v) is 4.04. The molecule has 2 heteroatoms. The largest absolute Gasteiger partial charge is 0.324 e. The van der Waals surface area contributed by atoms with Gasteiger partial charge in [-0.25, -0.2) is 0 Å². The van der Waals surface area contributed by atoms with E-state index < -0.39 is 0 Å². The van der Waals surface area contributed by atoms with Crippen LogP contribution in [0.5, 0.6) is 0 Å². The Bertz CT molecular complexity index is 753. The van der Waals surface area contributed by atoms with Crippen LogP contribution in [0.4, 0.5) is 0 Å². The molecule has 26 heavy (non-hydrogen) atoms. The van der Waals surface area contributed by atoms with Gasteiger partial charge < -0.3 is 5.43 Å². The molecule has 0 atom stereocenters. The van der Waals surface area contributed by atoms with Crippen LogP contribution in [0, 0.1) is 0 Å². The Morgan fingerprint density at radius 1 is 0.846 bits per heavy atom. The van der Waals surface area contributed by atoms with E-state index in [0.29, 0.717) is 0 Å². The van der Waals surface area contributed by atoms with E-state index in [1.807, 2.05) is 48.6 Å². The number of benzene rings is 2. The maximum atomic E-state index is 5.79. The summed E-state index contributed by atoms with van der Waals surface area (Å²) in [6.45, 7) is 2.20. The van der Waals surface area contributed by atoms with Crippen LogP contribution in [-0.4, -0.2) is 0 Å². The van der Waals surface area contributed by atoms with Gasteiger partial charge in [-0.15, -0.1) is 0 Å². The second kappa shape index (κ2) is 11.7. The fourth-order valence-electron chi connectivity index (χ4n) is 2.58. The minimum atomic E-state index is 0.948. The lowest BCUT2D eigenvalue weighted by molar-refractivity contribution is 0.767. The first-order valence-corrected chi connectivity index (χ1v) is 9.16. The van der Waals surface area contributed by atoms with E-state index in [-0.39, 0.29) is 0 Å². The zero-order valence-electron chi connectivity index (χ0n) is 15.4. The van der Waals surface area contributed by atoms with Gasteiger partial charge in [0, 0.05) is 0 Å². The highest BCUT2D eigenvalue weighted by molar-refractivity contribution is 5.54. The summed E-state index contributed by atoms with van der Waals surface area (Å²) in [5, 5.41) is 0. The Morgan fingerprint density at radius 3 is 1.88 bits per heavy atom. The van der Waals surface area contributed by atoms with Crippen LogP contribution in [0.2, 0.25) is 0 Å². The van der Waals surface area contributed by atoms with Gasteiger partial charge in [0.15, 0.2) is 0 Å². The number of unbranched alkanes of at least 4 members (excludes halogenated alkanes) is 1. The molecule has 0 aromatic heterocycles. The molecule has 0 aliphatic carbocycles. The molecule has 0 aliphatic rings. The molecule has 0 fully saturated rings. The predicted octanol–water partition coefficient (Wildman–Crippen LogP) is 5.88. The fourth-order valence-corrected chi connectivity index (χ4v) is 2.58. The van der Waals surface area contributed by atoms with Crippen molar-refractivity contribution in [3.05, 3.63) is 107 Å². The first kappa shape index (κ1) is 19.5. The molecule has 0 heterocycles. The molecule has 0 saturated heterocycles. The summed E-state index contributed by atoms with van der Waals surface area (Å²) in [7, 11) is 0. The third-order valence-electron chi connectivity index (χ3n) is 4.04. The Hall–Kier alpha value is -2.84. The zero-order valence-corrected chi connectivity index (χ0v) is 15.4. The quantitative estimate of drug-likeness (QED) is 0.339. The number of hydrogen-bond donors (Lipinski definition) is 2. The summed E-state index contributed by atoms with van der Waals surface area (Å²) in [5.41, 5.74) is 7.37. The highest BCUT2D eigenvalue weighted by Crippen LogP contribution is 2.16. The summed E-state index contributed by atoms with van der Waals surface area (Å²) in [4.78, 5) is 0. The van der Waals surface area contributed by atoms with Gasteiger partial charge in [0.05, 0.1) is 5.70 Å². The normalized spacial score (nSPS) is 12.8. The van der Waals surface area contributed by atoms with Crippen molar-refractivity contribution in [2.45, 2.75) is 26.2 Å². The molecule has 0 unspecified atom stereocenters. The van der Waals surface area contributed by atoms with E-state index in [4.69, 9.17) is 5.84 Å². The van der Waals surface area contributed by atoms with Crippen LogP contribution < -0.4 is 11.3 Å². The van der Waals surface area contributed by atoms with Gasteiger partial charge in [-0.3, -0.25) is 5.84 Å². The van der Waals surface area contributed by atoms with Gasteiger partial charge in [0.25, 0.3) is 0 Å². The first-order chi connectivity index (χ1) is 12.8. The summed E-state index contributed by atoms with van der Waals surface area (Å²) in [6.07, 6.45) is 15.8. The lowest BCUT2D eigenvalue weighted by Crippen LogP contribution is -2.22. The highest BCUT2D eigenvalue weighted by Gasteiger charge is 2.01. The SMILES string of the molecule is CCCCC(=CC=Cc1ccccc1)C(=CC=Cc1ccccc1)NN. The Morgan fingerprint density at radius 2 is 1.38 bits per heavy atom. The standard InChI is InChI=1S/C24H28N2/c1-2-3-18-23(19-10-16-21-12-6-4-7-13-21)24(26-25)20-11-17-22-14-8-5-9-15-22/h4-17,19-20,26H,2-3,18,25H2,1H3. The second-order valence-electron chi connectivity index (χ2n) is 6.06. The van der Waals surface area contributed by atoms with Gasteiger partial charge in [-0.2, -0.15) is 0 Å². The van der Waals surface area contributed by atoms with Crippen molar-refractivity contribution in [3.8, 4) is 0 Å². The number of hydrogen-bond acceptors (Lipinski definition) is 2. The van der Waals surface area contributed by atoms with Crippen molar-refractivity contribution in [1.82, 2.24) is 5.43 Å². The van der Waals surface area contributed by atoms with Crippen molar-refractivity contribution >= 4 is 12.2 Å². The molecule has 2 aromatic carbocycles. The van der Waals surface area contributed by atoms with Crippen LogP contribution in [0.25, 0.3) is 12.2 Å². The van der Waals surface area contributed by atoms with Crippen LogP contribution >= 0.6 is 0 Å². The summed E-state index contributed by atoms with van der Waals surface area (Å²) in [6, 6.07) is 20.5. The molecule has 2 aromatic rings. The molecule has 0 amide bonds. The van der Waals surface area contributed by atoms with Crippen molar-refractivity contribution in [2.24, 2.45) is 5.84 Å². The van der Waals surface area contributed by atoms with Crippen LogP contribution in [0.1, 0.15) is 37.3 Å². The molecular formula is C24H28N2. The number of nitrogens with one attached hydrogen (secondary N) is 1. The van der Waals surface area contributed by atoms with Gasteiger partial charge in [0.1, 0.15) is 0 Å². The Balaban J connectivity index is 2.16. The third kappa shape index (κ3) is 6.96. The summed E-state index contributed by atoms with van der Waals surface area (Å²) >= 11 is 0. The van der Waals surface area contributed by atoms with Crippen LogP contribution in [0.15, 0.2) is 96.2 Å². The van der Waals surface area contributed by atoms with Crippen molar-refractivity contribution in [3.63, 3.8) is 0 Å². The van der Waals surface area contributed by atoms with E-state index in [1.165, 1.54) is 16.7 Å². The summed E-state index contributed by atoms with van der Waals surface area (Å²) < 4.78 is 0. The zero-order chi connectivity index (χ0) is 18.5.